The van der Waals surface area contributed by atoms with Crippen LogP contribution in [0.4, 0.5) is 0 Å². The standard InChI is InChI=1S/C12H13ClN4O/c1-4-8-7(2)11(13)15-12(14-8)9-5-6-10(18-3)17-16-9/h5-6H,4H2,1-3H3. The number of hydrogen-bond donors (Lipinski definition) is 0. The molecule has 0 fully saturated rings. The number of aromatic nitrogens is 4. The average Bonchev–Trinajstić information content (AvgIpc) is 2.42. The molecule has 0 aliphatic rings. The first kappa shape index (κ1) is 12.7. The van der Waals surface area contributed by atoms with Gasteiger partial charge in [-0.1, -0.05) is 18.5 Å². The van der Waals surface area contributed by atoms with Crippen LogP contribution in [-0.2, 0) is 6.42 Å². The molecule has 18 heavy (non-hydrogen) atoms. The normalized spacial score (nSPS) is 10.4. The van der Waals surface area contributed by atoms with Gasteiger partial charge in [-0.3, -0.25) is 0 Å². The molecule has 6 heteroatoms. The van der Waals surface area contributed by atoms with Crippen LogP contribution in [-0.4, -0.2) is 27.3 Å². The van der Waals surface area contributed by atoms with Crippen molar-refractivity contribution in [2.24, 2.45) is 0 Å². The van der Waals surface area contributed by atoms with Gasteiger partial charge in [0.2, 0.25) is 5.88 Å². The lowest BCUT2D eigenvalue weighted by Crippen LogP contribution is -2.01. The minimum absolute atomic E-state index is 0.452. The van der Waals surface area contributed by atoms with Crippen molar-refractivity contribution < 1.29 is 4.74 Å². The molecule has 94 valence electrons. The van der Waals surface area contributed by atoms with Gasteiger partial charge in [0.15, 0.2) is 5.82 Å². The molecule has 0 aromatic carbocycles. The van der Waals surface area contributed by atoms with Gasteiger partial charge in [-0.25, -0.2) is 9.97 Å². The predicted octanol–water partition coefficient (Wildman–Crippen LogP) is 2.47. The fraction of sp³-hybridized carbons (Fsp3) is 0.333. The zero-order chi connectivity index (χ0) is 13.1. The summed E-state index contributed by atoms with van der Waals surface area (Å²) in [4.78, 5) is 8.66. The van der Waals surface area contributed by atoms with Gasteiger partial charge >= 0.3 is 0 Å². The minimum atomic E-state index is 0.452. The first-order chi connectivity index (χ1) is 8.65. The molecule has 0 N–H and O–H groups in total. The van der Waals surface area contributed by atoms with Crippen molar-refractivity contribution in [1.29, 1.82) is 0 Å². The van der Waals surface area contributed by atoms with E-state index in [0.29, 0.717) is 22.6 Å². The van der Waals surface area contributed by atoms with Crippen LogP contribution in [0.2, 0.25) is 5.15 Å². The molecule has 0 saturated heterocycles. The summed E-state index contributed by atoms with van der Waals surface area (Å²) in [6, 6.07) is 3.47. The van der Waals surface area contributed by atoms with E-state index in [1.165, 1.54) is 7.11 Å². The summed E-state index contributed by atoms with van der Waals surface area (Å²) in [7, 11) is 1.54. The van der Waals surface area contributed by atoms with Gasteiger partial charge in [0.05, 0.1) is 7.11 Å². The average molecular weight is 265 g/mol. The Kier molecular flexibility index (Phi) is 3.72. The van der Waals surface area contributed by atoms with Crippen LogP contribution in [0.3, 0.4) is 0 Å². The molecule has 2 aromatic rings. The van der Waals surface area contributed by atoms with Crippen molar-refractivity contribution in [2.45, 2.75) is 20.3 Å². The fourth-order valence-electron chi connectivity index (χ4n) is 1.54. The Morgan fingerprint density at radius 3 is 2.56 bits per heavy atom. The second kappa shape index (κ2) is 5.27. The predicted molar refractivity (Wildman–Crippen MR) is 68.7 cm³/mol. The second-order valence-corrected chi connectivity index (χ2v) is 4.08. The first-order valence-electron chi connectivity index (χ1n) is 5.56. The highest BCUT2D eigenvalue weighted by molar-refractivity contribution is 6.30. The molecular formula is C12H13ClN4O. The third-order valence-electron chi connectivity index (χ3n) is 2.60. The number of methoxy groups -OCH3 is 1. The van der Waals surface area contributed by atoms with Crippen LogP contribution in [0.5, 0.6) is 5.88 Å². The molecule has 0 aliphatic carbocycles. The number of ether oxygens (including phenoxy) is 1. The molecule has 0 bridgehead atoms. The van der Waals surface area contributed by atoms with E-state index in [0.717, 1.165) is 17.7 Å². The van der Waals surface area contributed by atoms with Crippen LogP contribution < -0.4 is 4.74 Å². The van der Waals surface area contributed by atoms with Crippen LogP contribution in [0, 0.1) is 6.92 Å². The summed E-state index contributed by atoms with van der Waals surface area (Å²) in [6.07, 6.45) is 0.796. The lowest BCUT2D eigenvalue weighted by Gasteiger charge is -2.07. The summed E-state index contributed by atoms with van der Waals surface area (Å²) in [5, 5.41) is 8.35. The Labute approximate surface area is 110 Å². The number of hydrogen-bond acceptors (Lipinski definition) is 5. The Hall–Kier alpha value is -1.75. The van der Waals surface area contributed by atoms with Crippen molar-refractivity contribution in [3.8, 4) is 17.4 Å². The van der Waals surface area contributed by atoms with Gasteiger partial charge in [-0.15, -0.1) is 10.2 Å². The van der Waals surface area contributed by atoms with E-state index in [-0.39, 0.29) is 0 Å². The second-order valence-electron chi connectivity index (χ2n) is 3.72. The Morgan fingerprint density at radius 1 is 1.22 bits per heavy atom. The summed E-state index contributed by atoms with van der Waals surface area (Å²) in [6.45, 7) is 3.93. The third-order valence-corrected chi connectivity index (χ3v) is 2.97. The molecule has 0 spiro atoms. The fourth-order valence-corrected chi connectivity index (χ4v) is 1.73. The van der Waals surface area contributed by atoms with E-state index in [2.05, 4.69) is 20.2 Å². The molecule has 0 aliphatic heterocycles. The number of rotatable bonds is 3. The van der Waals surface area contributed by atoms with E-state index in [1.54, 1.807) is 12.1 Å². The van der Waals surface area contributed by atoms with Crippen LogP contribution in [0.1, 0.15) is 18.2 Å². The van der Waals surface area contributed by atoms with Crippen molar-refractivity contribution in [3.05, 3.63) is 28.5 Å². The van der Waals surface area contributed by atoms with E-state index >= 15 is 0 Å². The van der Waals surface area contributed by atoms with Gasteiger partial charge in [0, 0.05) is 17.3 Å². The zero-order valence-electron chi connectivity index (χ0n) is 10.4. The van der Waals surface area contributed by atoms with Gasteiger partial charge in [-0.2, -0.15) is 0 Å². The number of halogens is 1. The van der Waals surface area contributed by atoms with Crippen LogP contribution in [0.15, 0.2) is 12.1 Å². The molecular weight excluding hydrogens is 252 g/mol. The summed E-state index contributed by atoms with van der Waals surface area (Å²) >= 11 is 6.08. The van der Waals surface area contributed by atoms with Crippen molar-refractivity contribution in [1.82, 2.24) is 20.2 Å². The summed E-state index contributed by atoms with van der Waals surface area (Å²) < 4.78 is 4.95. The third kappa shape index (κ3) is 2.41. The lowest BCUT2D eigenvalue weighted by molar-refractivity contribution is 0.392. The van der Waals surface area contributed by atoms with Gasteiger partial charge in [0.1, 0.15) is 10.8 Å². The SMILES string of the molecule is CCc1nc(-c2ccc(OC)nn2)nc(Cl)c1C. The molecule has 0 amide bonds. The molecule has 2 heterocycles. The van der Waals surface area contributed by atoms with E-state index in [1.807, 2.05) is 13.8 Å². The highest BCUT2D eigenvalue weighted by atomic mass is 35.5. The largest absolute Gasteiger partial charge is 0.480 e. The first-order valence-corrected chi connectivity index (χ1v) is 5.94. The van der Waals surface area contributed by atoms with Gasteiger partial charge in [0.25, 0.3) is 0 Å². The highest BCUT2D eigenvalue weighted by Crippen LogP contribution is 2.21. The smallest absolute Gasteiger partial charge is 0.233 e. The quantitative estimate of drug-likeness (QED) is 0.797. The van der Waals surface area contributed by atoms with E-state index < -0.39 is 0 Å². The monoisotopic (exact) mass is 264 g/mol. The topological polar surface area (TPSA) is 60.8 Å². The molecule has 2 aromatic heterocycles. The lowest BCUT2D eigenvalue weighted by atomic mass is 10.2. The van der Waals surface area contributed by atoms with Crippen LogP contribution >= 0.6 is 11.6 Å². The van der Waals surface area contributed by atoms with E-state index in [4.69, 9.17) is 16.3 Å². The van der Waals surface area contributed by atoms with Gasteiger partial charge < -0.3 is 4.74 Å². The maximum Gasteiger partial charge on any atom is 0.233 e. The molecule has 0 saturated carbocycles. The van der Waals surface area contributed by atoms with Crippen LogP contribution in [0.25, 0.3) is 11.5 Å². The molecule has 2 rings (SSSR count). The minimum Gasteiger partial charge on any atom is -0.480 e. The molecule has 0 radical (unpaired) electrons. The molecule has 0 atom stereocenters. The highest BCUT2D eigenvalue weighted by Gasteiger charge is 2.11. The summed E-state index contributed by atoms with van der Waals surface area (Å²) in [5.74, 6) is 0.935. The number of nitrogens with zero attached hydrogens (tertiary/aromatic N) is 4. The van der Waals surface area contributed by atoms with Crippen molar-refractivity contribution >= 4 is 11.6 Å². The Balaban J connectivity index is 2.46. The maximum atomic E-state index is 6.08. The van der Waals surface area contributed by atoms with Crippen molar-refractivity contribution in [2.75, 3.05) is 7.11 Å². The Bertz CT molecular complexity index is 557. The van der Waals surface area contributed by atoms with E-state index in [9.17, 15) is 0 Å². The van der Waals surface area contributed by atoms with Crippen molar-refractivity contribution in [3.63, 3.8) is 0 Å². The van der Waals surface area contributed by atoms with Gasteiger partial charge in [-0.05, 0) is 19.4 Å². The molecule has 5 nitrogen and oxygen atoms in total. The Morgan fingerprint density at radius 2 is 2.00 bits per heavy atom. The summed E-state index contributed by atoms with van der Waals surface area (Å²) in [5.41, 5.74) is 2.40. The molecule has 0 unspecified atom stereocenters. The zero-order valence-corrected chi connectivity index (χ0v) is 11.2. The number of aryl methyl sites for hydroxylation is 1. The maximum absolute atomic E-state index is 6.08.